The summed E-state index contributed by atoms with van der Waals surface area (Å²) in [6.07, 6.45) is 6.00. The molecule has 2 aromatic rings. The molecule has 3 rings (SSSR count). The maximum absolute atomic E-state index is 14.6. The number of aryl methyl sites for hydroxylation is 2. The SMILES string of the molecule is CCCC/C(C)=C(/c1cc(F)c2c(c1)CCC2)c1ccc(F)cc1C. The van der Waals surface area contributed by atoms with Crippen LogP contribution in [0.25, 0.3) is 5.57 Å². The second-order valence-electron chi connectivity index (χ2n) is 7.17. The van der Waals surface area contributed by atoms with Crippen LogP contribution in [0, 0.1) is 18.6 Å². The molecule has 0 amide bonds. The van der Waals surface area contributed by atoms with Gasteiger partial charge in [0.15, 0.2) is 0 Å². The molecule has 0 heterocycles. The van der Waals surface area contributed by atoms with Gasteiger partial charge in [-0.3, -0.25) is 0 Å². The quantitative estimate of drug-likeness (QED) is 0.563. The lowest BCUT2D eigenvalue weighted by Gasteiger charge is -2.17. The predicted octanol–water partition coefficient (Wildman–Crippen LogP) is 6.77. The van der Waals surface area contributed by atoms with Crippen molar-refractivity contribution < 1.29 is 8.78 Å². The number of hydrogen-bond donors (Lipinski definition) is 0. The minimum atomic E-state index is -0.230. The molecule has 0 radical (unpaired) electrons. The van der Waals surface area contributed by atoms with Gasteiger partial charge in [0.1, 0.15) is 11.6 Å². The summed E-state index contributed by atoms with van der Waals surface area (Å²) >= 11 is 0. The van der Waals surface area contributed by atoms with Crippen molar-refractivity contribution in [3.63, 3.8) is 0 Å². The highest BCUT2D eigenvalue weighted by atomic mass is 19.1. The molecular weight excluding hydrogens is 314 g/mol. The topological polar surface area (TPSA) is 0 Å². The highest BCUT2D eigenvalue weighted by Crippen LogP contribution is 2.35. The number of benzene rings is 2. The van der Waals surface area contributed by atoms with E-state index in [4.69, 9.17) is 0 Å². The van der Waals surface area contributed by atoms with E-state index in [0.717, 1.165) is 71.9 Å². The van der Waals surface area contributed by atoms with E-state index in [2.05, 4.69) is 19.9 Å². The molecule has 25 heavy (non-hydrogen) atoms. The summed E-state index contributed by atoms with van der Waals surface area (Å²) in [4.78, 5) is 0. The molecule has 1 aliphatic carbocycles. The van der Waals surface area contributed by atoms with Crippen LogP contribution in [0.15, 0.2) is 35.9 Å². The number of unbranched alkanes of at least 4 members (excludes halogenated alkanes) is 1. The number of allylic oxidation sites excluding steroid dienone is 1. The van der Waals surface area contributed by atoms with Crippen LogP contribution < -0.4 is 0 Å². The van der Waals surface area contributed by atoms with Gasteiger partial charge in [0.2, 0.25) is 0 Å². The smallest absolute Gasteiger partial charge is 0.127 e. The van der Waals surface area contributed by atoms with Crippen LogP contribution in [0.3, 0.4) is 0 Å². The van der Waals surface area contributed by atoms with Crippen molar-refractivity contribution >= 4 is 5.57 Å². The van der Waals surface area contributed by atoms with E-state index in [1.807, 2.05) is 13.0 Å². The van der Waals surface area contributed by atoms with Crippen LogP contribution in [-0.4, -0.2) is 0 Å². The molecule has 1 aliphatic rings. The molecule has 132 valence electrons. The van der Waals surface area contributed by atoms with Gasteiger partial charge in [-0.15, -0.1) is 0 Å². The van der Waals surface area contributed by atoms with Gasteiger partial charge in [0.05, 0.1) is 0 Å². The second-order valence-corrected chi connectivity index (χ2v) is 7.17. The maximum Gasteiger partial charge on any atom is 0.127 e. The van der Waals surface area contributed by atoms with Gasteiger partial charge in [-0.05, 0) is 97.5 Å². The summed E-state index contributed by atoms with van der Waals surface area (Å²) in [5, 5.41) is 0. The molecule has 0 aliphatic heterocycles. The lowest BCUT2D eigenvalue weighted by molar-refractivity contribution is 0.612. The van der Waals surface area contributed by atoms with E-state index in [-0.39, 0.29) is 11.6 Å². The Balaban J connectivity index is 2.17. The van der Waals surface area contributed by atoms with Gasteiger partial charge < -0.3 is 0 Å². The Labute approximate surface area is 149 Å². The number of fused-ring (bicyclic) bond motifs is 1. The largest absolute Gasteiger partial charge is 0.207 e. The Morgan fingerprint density at radius 1 is 1.08 bits per heavy atom. The zero-order valence-electron chi connectivity index (χ0n) is 15.4. The molecule has 0 unspecified atom stereocenters. The lowest BCUT2D eigenvalue weighted by atomic mass is 9.87. The number of hydrogen-bond acceptors (Lipinski definition) is 0. The van der Waals surface area contributed by atoms with E-state index in [9.17, 15) is 8.78 Å². The molecule has 0 bridgehead atoms. The Bertz CT molecular complexity index is 815. The zero-order valence-corrected chi connectivity index (χ0v) is 15.4. The van der Waals surface area contributed by atoms with Crippen molar-refractivity contribution in [3.05, 3.63) is 75.4 Å². The Hall–Kier alpha value is -1.96. The fourth-order valence-electron chi connectivity index (χ4n) is 3.90. The molecule has 0 fully saturated rings. The Morgan fingerprint density at radius 3 is 2.60 bits per heavy atom. The van der Waals surface area contributed by atoms with Crippen molar-refractivity contribution in [2.45, 2.75) is 59.3 Å². The van der Waals surface area contributed by atoms with Crippen molar-refractivity contribution in [2.75, 3.05) is 0 Å². The van der Waals surface area contributed by atoms with Crippen molar-refractivity contribution in [2.24, 2.45) is 0 Å². The van der Waals surface area contributed by atoms with Crippen molar-refractivity contribution in [3.8, 4) is 0 Å². The van der Waals surface area contributed by atoms with Gasteiger partial charge >= 0.3 is 0 Å². The zero-order chi connectivity index (χ0) is 18.0. The standard InChI is InChI=1S/C23H26F2/c1-4-5-7-15(2)23(20-11-10-19(24)12-16(20)3)18-13-17-8-6-9-21(17)22(25)14-18/h10-14H,4-9H2,1-3H3/b23-15-. The number of rotatable bonds is 5. The fourth-order valence-corrected chi connectivity index (χ4v) is 3.90. The third-order valence-electron chi connectivity index (χ3n) is 5.24. The van der Waals surface area contributed by atoms with Crippen LogP contribution in [-0.2, 0) is 12.8 Å². The van der Waals surface area contributed by atoms with E-state index >= 15 is 0 Å². The van der Waals surface area contributed by atoms with E-state index in [1.165, 1.54) is 11.6 Å². The molecule has 0 N–H and O–H groups in total. The first-order chi connectivity index (χ1) is 12.0. The molecule has 0 saturated carbocycles. The minimum absolute atomic E-state index is 0.0921. The van der Waals surface area contributed by atoms with Crippen LogP contribution in [0.5, 0.6) is 0 Å². The first-order valence-electron chi connectivity index (χ1n) is 9.29. The molecule has 0 nitrogen and oxygen atoms in total. The highest BCUT2D eigenvalue weighted by Gasteiger charge is 2.20. The molecule has 0 saturated heterocycles. The molecule has 0 spiro atoms. The summed E-state index contributed by atoms with van der Waals surface area (Å²) in [5.41, 5.74) is 7.16. The van der Waals surface area contributed by atoms with Crippen LogP contribution in [0.2, 0.25) is 0 Å². The average Bonchev–Trinajstić information content (AvgIpc) is 3.04. The van der Waals surface area contributed by atoms with Gasteiger partial charge in [0.25, 0.3) is 0 Å². The molecule has 2 heteroatoms. The molecular formula is C23H26F2. The Morgan fingerprint density at radius 2 is 1.88 bits per heavy atom. The van der Waals surface area contributed by atoms with Crippen molar-refractivity contribution in [1.29, 1.82) is 0 Å². The molecule has 0 atom stereocenters. The first kappa shape index (κ1) is 17.8. The van der Waals surface area contributed by atoms with Crippen molar-refractivity contribution in [1.82, 2.24) is 0 Å². The summed E-state index contributed by atoms with van der Waals surface area (Å²) < 4.78 is 28.2. The highest BCUT2D eigenvalue weighted by molar-refractivity contribution is 5.84. The summed E-state index contributed by atoms with van der Waals surface area (Å²) in [6.45, 7) is 6.22. The predicted molar refractivity (Wildman–Crippen MR) is 101 cm³/mol. The van der Waals surface area contributed by atoms with E-state index < -0.39 is 0 Å². The second kappa shape index (κ2) is 7.51. The summed E-state index contributed by atoms with van der Waals surface area (Å²) in [6, 6.07) is 8.72. The molecule has 0 aromatic heterocycles. The number of halogens is 2. The van der Waals surface area contributed by atoms with E-state index in [0.29, 0.717) is 0 Å². The van der Waals surface area contributed by atoms with Gasteiger partial charge in [-0.2, -0.15) is 0 Å². The minimum Gasteiger partial charge on any atom is -0.207 e. The van der Waals surface area contributed by atoms with Crippen LogP contribution in [0.4, 0.5) is 8.78 Å². The fraction of sp³-hybridized carbons (Fsp3) is 0.391. The normalized spacial score (nSPS) is 14.4. The van der Waals surface area contributed by atoms with Gasteiger partial charge in [-0.1, -0.05) is 31.1 Å². The maximum atomic E-state index is 14.6. The van der Waals surface area contributed by atoms with E-state index in [1.54, 1.807) is 12.1 Å². The summed E-state index contributed by atoms with van der Waals surface area (Å²) in [7, 11) is 0. The van der Waals surface area contributed by atoms with Gasteiger partial charge in [0, 0.05) is 0 Å². The monoisotopic (exact) mass is 340 g/mol. The Kier molecular flexibility index (Phi) is 5.36. The van der Waals surface area contributed by atoms with Gasteiger partial charge in [-0.25, -0.2) is 8.78 Å². The molecule has 2 aromatic carbocycles. The van der Waals surface area contributed by atoms with Crippen LogP contribution in [0.1, 0.15) is 67.3 Å². The third-order valence-corrected chi connectivity index (χ3v) is 5.24. The van der Waals surface area contributed by atoms with Crippen LogP contribution >= 0.6 is 0 Å². The summed E-state index contributed by atoms with van der Waals surface area (Å²) in [5.74, 6) is -0.322. The first-order valence-corrected chi connectivity index (χ1v) is 9.29. The lowest BCUT2D eigenvalue weighted by Crippen LogP contribution is -2.00. The average molecular weight is 340 g/mol. The third kappa shape index (κ3) is 3.68.